The first-order valence-corrected chi connectivity index (χ1v) is 6.81. The third-order valence-electron chi connectivity index (χ3n) is 3.66. The van der Waals surface area contributed by atoms with Crippen LogP contribution < -0.4 is 0 Å². The number of aromatic hydroxyl groups is 2. The van der Waals surface area contributed by atoms with Gasteiger partial charge >= 0.3 is 5.97 Å². The minimum absolute atomic E-state index is 0.0528. The molecule has 1 aliphatic rings. The first-order chi connectivity index (χ1) is 10.9. The van der Waals surface area contributed by atoms with Crippen LogP contribution in [-0.4, -0.2) is 27.7 Å². The molecular weight excluding hydrogens is 300 g/mol. The lowest BCUT2D eigenvalue weighted by Crippen LogP contribution is -2.21. The smallest absolute Gasteiger partial charge is 0.302 e. The topological polar surface area (TPSA) is 101 Å². The summed E-state index contributed by atoms with van der Waals surface area (Å²) in [5, 5.41) is 20.4. The molecule has 1 aliphatic carbocycles. The maximum absolute atomic E-state index is 12.6. The number of fused-ring (bicyclic) bond motifs is 2. The van der Waals surface area contributed by atoms with Crippen molar-refractivity contribution in [3.63, 3.8) is 0 Å². The Hall–Kier alpha value is -3.15. The zero-order chi connectivity index (χ0) is 16.7. The van der Waals surface area contributed by atoms with E-state index in [0.29, 0.717) is 0 Å². The average molecular weight is 312 g/mol. The predicted molar refractivity (Wildman–Crippen MR) is 78.5 cm³/mol. The van der Waals surface area contributed by atoms with Gasteiger partial charge in [0, 0.05) is 23.6 Å². The lowest BCUT2D eigenvalue weighted by Gasteiger charge is -2.20. The first-order valence-electron chi connectivity index (χ1n) is 6.81. The van der Waals surface area contributed by atoms with Crippen molar-refractivity contribution in [3.05, 3.63) is 58.1 Å². The molecule has 0 spiro atoms. The number of carbonyl (C=O) groups is 3. The second-order valence-corrected chi connectivity index (χ2v) is 5.14. The summed E-state index contributed by atoms with van der Waals surface area (Å²) in [6.45, 7) is 0.880. The molecule has 0 fully saturated rings. The Balaban J connectivity index is 2.20. The summed E-state index contributed by atoms with van der Waals surface area (Å²) in [6.07, 6.45) is 0. The van der Waals surface area contributed by atoms with Gasteiger partial charge in [0.05, 0.1) is 11.1 Å². The maximum Gasteiger partial charge on any atom is 0.302 e. The van der Waals surface area contributed by atoms with E-state index in [9.17, 15) is 24.6 Å². The Labute approximate surface area is 130 Å². The minimum atomic E-state index is -0.575. The van der Waals surface area contributed by atoms with E-state index in [1.54, 1.807) is 12.1 Å². The van der Waals surface area contributed by atoms with Crippen LogP contribution in [0.5, 0.6) is 11.5 Å². The summed E-state index contributed by atoms with van der Waals surface area (Å²) >= 11 is 0. The van der Waals surface area contributed by atoms with Crippen LogP contribution in [0.2, 0.25) is 0 Å². The van der Waals surface area contributed by atoms with Gasteiger partial charge in [-0.05, 0) is 6.07 Å². The lowest BCUT2D eigenvalue weighted by molar-refractivity contribution is -0.142. The molecule has 2 aromatic carbocycles. The number of carbonyl (C=O) groups excluding carboxylic acids is 3. The van der Waals surface area contributed by atoms with Crippen LogP contribution in [0.15, 0.2) is 30.3 Å². The van der Waals surface area contributed by atoms with Crippen molar-refractivity contribution in [2.75, 3.05) is 0 Å². The zero-order valence-corrected chi connectivity index (χ0v) is 12.1. The van der Waals surface area contributed by atoms with Crippen molar-refractivity contribution in [2.45, 2.75) is 13.5 Å². The molecule has 3 rings (SSSR count). The quantitative estimate of drug-likeness (QED) is 0.554. The number of ketones is 2. The Bertz CT molecular complexity index is 866. The molecule has 23 heavy (non-hydrogen) atoms. The molecule has 0 aliphatic heterocycles. The van der Waals surface area contributed by atoms with Crippen molar-refractivity contribution < 1.29 is 29.3 Å². The third kappa shape index (κ3) is 2.24. The molecule has 0 saturated carbocycles. The second-order valence-electron chi connectivity index (χ2n) is 5.14. The van der Waals surface area contributed by atoms with Crippen LogP contribution in [0, 0.1) is 0 Å². The molecule has 116 valence electrons. The number of ether oxygens (including phenoxy) is 1. The predicted octanol–water partition coefficient (Wildman–Crippen LogP) is 1.94. The van der Waals surface area contributed by atoms with E-state index in [2.05, 4.69) is 0 Å². The van der Waals surface area contributed by atoms with Gasteiger partial charge in [0.1, 0.15) is 18.1 Å². The molecule has 2 N–H and O–H groups in total. The summed E-state index contributed by atoms with van der Waals surface area (Å²) in [5.74, 6) is -2.58. The fraction of sp³-hybridized carbons (Fsp3) is 0.118. The standard InChI is InChI=1S/C17H12O6/c1-8(18)23-7-9-6-12(19)13-14(15(9)20)17(22)11-5-3-2-4-10(11)16(13)21/h2-6,19-20H,7H2,1H3. The number of hydrogen-bond donors (Lipinski definition) is 2. The van der Waals surface area contributed by atoms with Crippen LogP contribution in [0.25, 0.3) is 0 Å². The number of phenolic OH excluding ortho intramolecular Hbond substituents is 2. The third-order valence-corrected chi connectivity index (χ3v) is 3.66. The van der Waals surface area contributed by atoms with E-state index in [0.717, 1.165) is 6.07 Å². The monoisotopic (exact) mass is 312 g/mol. The molecule has 2 aromatic rings. The normalized spacial score (nSPS) is 12.6. The van der Waals surface area contributed by atoms with E-state index in [1.807, 2.05) is 0 Å². The summed E-state index contributed by atoms with van der Waals surface area (Å²) in [7, 11) is 0. The van der Waals surface area contributed by atoms with Gasteiger partial charge in [0.25, 0.3) is 0 Å². The molecule has 0 unspecified atom stereocenters. The van der Waals surface area contributed by atoms with E-state index in [-0.39, 0.29) is 34.4 Å². The van der Waals surface area contributed by atoms with Gasteiger partial charge in [-0.2, -0.15) is 0 Å². The molecule has 6 heteroatoms. The van der Waals surface area contributed by atoms with Gasteiger partial charge in [-0.1, -0.05) is 24.3 Å². The molecule has 0 atom stereocenters. The highest BCUT2D eigenvalue weighted by Crippen LogP contribution is 2.40. The highest BCUT2D eigenvalue weighted by molar-refractivity contribution is 6.30. The van der Waals surface area contributed by atoms with Crippen LogP contribution in [-0.2, 0) is 16.1 Å². The average Bonchev–Trinajstić information content (AvgIpc) is 2.52. The molecular formula is C17H12O6. The van der Waals surface area contributed by atoms with Crippen molar-refractivity contribution in [3.8, 4) is 11.5 Å². The Kier molecular flexibility index (Phi) is 3.37. The summed E-state index contributed by atoms with van der Waals surface area (Å²) in [4.78, 5) is 36.0. The van der Waals surface area contributed by atoms with Gasteiger partial charge in [-0.15, -0.1) is 0 Å². The SMILES string of the molecule is CC(=O)OCc1cc(O)c2c(c1O)C(=O)c1ccccc1C2=O. The van der Waals surface area contributed by atoms with Gasteiger partial charge in [0.2, 0.25) is 0 Å². The Morgan fingerprint density at radius 1 is 1.04 bits per heavy atom. The molecule has 0 bridgehead atoms. The van der Waals surface area contributed by atoms with Gasteiger partial charge < -0.3 is 14.9 Å². The lowest BCUT2D eigenvalue weighted by atomic mass is 9.82. The van der Waals surface area contributed by atoms with Crippen molar-refractivity contribution in [1.29, 1.82) is 0 Å². The first kappa shape index (κ1) is 14.8. The summed E-state index contributed by atoms with van der Waals surface area (Å²) < 4.78 is 4.78. The van der Waals surface area contributed by atoms with E-state index in [1.165, 1.54) is 19.1 Å². The molecule has 6 nitrogen and oxygen atoms in total. The number of hydrogen-bond acceptors (Lipinski definition) is 6. The van der Waals surface area contributed by atoms with E-state index >= 15 is 0 Å². The van der Waals surface area contributed by atoms with Crippen LogP contribution in [0.4, 0.5) is 0 Å². The van der Waals surface area contributed by atoms with Crippen LogP contribution >= 0.6 is 0 Å². The zero-order valence-electron chi connectivity index (χ0n) is 12.1. The highest BCUT2D eigenvalue weighted by atomic mass is 16.5. The highest BCUT2D eigenvalue weighted by Gasteiger charge is 2.35. The Morgan fingerprint density at radius 2 is 1.61 bits per heavy atom. The number of esters is 1. The van der Waals surface area contributed by atoms with Crippen molar-refractivity contribution >= 4 is 17.5 Å². The number of rotatable bonds is 2. The van der Waals surface area contributed by atoms with Crippen LogP contribution in [0.1, 0.15) is 44.3 Å². The molecule has 0 saturated heterocycles. The molecule has 0 radical (unpaired) electrons. The summed E-state index contributed by atoms with van der Waals surface area (Å²) in [6, 6.07) is 7.31. The maximum atomic E-state index is 12.6. The Morgan fingerprint density at radius 3 is 2.17 bits per heavy atom. The van der Waals surface area contributed by atoms with E-state index < -0.39 is 29.0 Å². The second kappa shape index (κ2) is 5.24. The largest absolute Gasteiger partial charge is 0.507 e. The molecule has 0 heterocycles. The van der Waals surface area contributed by atoms with Gasteiger partial charge in [0.15, 0.2) is 11.6 Å². The number of benzene rings is 2. The van der Waals surface area contributed by atoms with Crippen LogP contribution in [0.3, 0.4) is 0 Å². The van der Waals surface area contributed by atoms with Crippen molar-refractivity contribution in [1.82, 2.24) is 0 Å². The fourth-order valence-electron chi connectivity index (χ4n) is 2.60. The molecule has 0 aromatic heterocycles. The molecule has 0 amide bonds. The van der Waals surface area contributed by atoms with Gasteiger partial charge in [-0.25, -0.2) is 0 Å². The van der Waals surface area contributed by atoms with Gasteiger partial charge in [-0.3, -0.25) is 14.4 Å². The van der Waals surface area contributed by atoms with Crippen molar-refractivity contribution in [2.24, 2.45) is 0 Å². The van der Waals surface area contributed by atoms with E-state index in [4.69, 9.17) is 4.74 Å². The minimum Gasteiger partial charge on any atom is -0.507 e. The number of phenols is 2. The fourth-order valence-corrected chi connectivity index (χ4v) is 2.60. The summed E-state index contributed by atoms with van der Waals surface area (Å²) in [5.41, 5.74) is -0.123.